The maximum absolute atomic E-state index is 11.5. The predicted octanol–water partition coefficient (Wildman–Crippen LogP) is 6.88. The fourth-order valence-electron chi connectivity index (χ4n) is 5.16. The van der Waals surface area contributed by atoms with Gasteiger partial charge in [-0.2, -0.15) is 0 Å². The van der Waals surface area contributed by atoms with Gasteiger partial charge in [0.05, 0.1) is 16.9 Å². The number of amides is 1. The minimum Gasteiger partial charge on any atom is -0.355 e. The third kappa shape index (κ3) is 5.74. The zero-order chi connectivity index (χ0) is 24.9. The van der Waals surface area contributed by atoms with E-state index in [-0.39, 0.29) is 5.91 Å². The molecule has 2 N–H and O–H groups in total. The molecular formula is C31H34N4O. The largest absolute Gasteiger partial charge is 0.355 e. The number of rotatable bonds is 7. The highest BCUT2D eigenvalue weighted by atomic mass is 16.1. The zero-order valence-electron chi connectivity index (χ0n) is 21.1. The van der Waals surface area contributed by atoms with E-state index in [4.69, 9.17) is 4.98 Å². The number of nitrogens with zero attached hydrogens (tertiary/aromatic N) is 2. The SMILES string of the molecule is CCN1CCC(Cc2cccc(Nc3cc(-c4cccc(NC(C)=O)c4)nc4ccccc34)c2)CC1. The molecule has 1 aliphatic heterocycles. The van der Waals surface area contributed by atoms with Crippen molar-refractivity contribution in [3.8, 4) is 11.3 Å². The number of para-hydroxylation sites is 1. The summed E-state index contributed by atoms with van der Waals surface area (Å²) in [6.45, 7) is 7.36. The summed E-state index contributed by atoms with van der Waals surface area (Å²) in [6, 6.07) is 27.0. The molecule has 36 heavy (non-hydrogen) atoms. The smallest absolute Gasteiger partial charge is 0.221 e. The van der Waals surface area contributed by atoms with E-state index in [0.717, 1.165) is 58.1 Å². The summed E-state index contributed by atoms with van der Waals surface area (Å²) in [4.78, 5) is 19.0. The summed E-state index contributed by atoms with van der Waals surface area (Å²) in [7, 11) is 0. The Morgan fingerprint density at radius 3 is 2.53 bits per heavy atom. The van der Waals surface area contributed by atoms with Crippen LogP contribution in [0.5, 0.6) is 0 Å². The molecular weight excluding hydrogens is 444 g/mol. The number of hydrogen-bond acceptors (Lipinski definition) is 4. The van der Waals surface area contributed by atoms with Crippen molar-refractivity contribution in [1.29, 1.82) is 0 Å². The second-order valence-corrected chi connectivity index (χ2v) is 9.74. The molecule has 0 radical (unpaired) electrons. The van der Waals surface area contributed by atoms with Gasteiger partial charge in [-0.1, -0.05) is 49.4 Å². The first-order valence-electron chi connectivity index (χ1n) is 12.9. The van der Waals surface area contributed by atoms with Crippen molar-refractivity contribution in [2.45, 2.75) is 33.1 Å². The number of carbonyl (C=O) groups is 1. The maximum atomic E-state index is 11.5. The van der Waals surface area contributed by atoms with Gasteiger partial charge in [0, 0.05) is 29.2 Å². The molecule has 0 aliphatic carbocycles. The normalized spacial score (nSPS) is 14.6. The molecule has 1 saturated heterocycles. The van der Waals surface area contributed by atoms with E-state index < -0.39 is 0 Å². The van der Waals surface area contributed by atoms with Crippen LogP contribution in [0.15, 0.2) is 78.9 Å². The van der Waals surface area contributed by atoms with Crippen molar-refractivity contribution in [3.05, 3.63) is 84.4 Å². The molecule has 0 unspecified atom stereocenters. The van der Waals surface area contributed by atoms with Crippen LogP contribution in [-0.4, -0.2) is 35.4 Å². The van der Waals surface area contributed by atoms with Crippen molar-refractivity contribution in [2.24, 2.45) is 5.92 Å². The standard InChI is InChI=1S/C31H34N4O/c1-3-35-16-14-23(15-17-35)18-24-8-6-10-26(19-24)33-31-21-30(34-29-13-5-4-12-28(29)31)25-9-7-11-27(20-25)32-22(2)36/h4-13,19-21,23H,3,14-18H2,1-2H3,(H,32,36)(H,33,34). The minimum atomic E-state index is -0.0863. The highest BCUT2D eigenvalue weighted by Gasteiger charge is 2.18. The van der Waals surface area contributed by atoms with Crippen LogP contribution < -0.4 is 10.6 Å². The Balaban J connectivity index is 1.41. The second kappa shape index (κ2) is 10.9. The molecule has 4 aromatic rings. The minimum absolute atomic E-state index is 0.0863. The number of nitrogens with one attached hydrogen (secondary N) is 2. The third-order valence-corrected chi connectivity index (χ3v) is 7.08. The first kappa shape index (κ1) is 24.0. The van der Waals surface area contributed by atoms with Gasteiger partial charge in [0.25, 0.3) is 0 Å². The molecule has 184 valence electrons. The Hall–Kier alpha value is -3.70. The van der Waals surface area contributed by atoms with Crippen molar-refractivity contribution in [1.82, 2.24) is 9.88 Å². The van der Waals surface area contributed by atoms with Gasteiger partial charge >= 0.3 is 0 Å². The summed E-state index contributed by atoms with van der Waals surface area (Å²) < 4.78 is 0. The van der Waals surface area contributed by atoms with E-state index in [1.54, 1.807) is 0 Å². The summed E-state index contributed by atoms with van der Waals surface area (Å²) in [5.74, 6) is 0.670. The molecule has 5 rings (SSSR count). The van der Waals surface area contributed by atoms with E-state index in [1.807, 2.05) is 42.5 Å². The number of anilines is 3. The van der Waals surface area contributed by atoms with Crippen molar-refractivity contribution < 1.29 is 4.79 Å². The molecule has 5 nitrogen and oxygen atoms in total. The highest BCUT2D eigenvalue weighted by Crippen LogP contribution is 2.32. The second-order valence-electron chi connectivity index (χ2n) is 9.74. The lowest BCUT2D eigenvalue weighted by atomic mass is 9.90. The quantitative estimate of drug-likeness (QED) is 0.304. The first-order valence-corrected chi connectivity index (χ1v) is 12.9. The highest BCUT2D eigenvalue weighted by molar-refractivity contribution is 5.96. The summed E-state index contributed by atoms with van der Waals surface area (Å²) in [6.07, 6.45) is 3.69. The average molecular weight is 479 g/mol. The van der Waals surface area contributed by atoms with Gasteiger partial charge < -0.3 is 15.5 Å². The molecule has 1 aliphatic rings. The number of likely N-dealkylation sites (tertiary alicyclic amines) is 1. The van der Waals surface area contributed by atoms with Gasteiger partial charge in [-0.3, -0.25) is 4.79 Å². The first-order chi connectivity index (χ1) is 17.6. The van der Waals surface area contributed by atoms with Gasteiger partial charge in [0.15, 0.2) is 0 Å². The van der Waals surface area contributed by atoms with Crippen molar-refractivity contribution >= 4 is 33.9 Å². The molecule has 0 atom stereocenters. The molecule has 1 fully saturated rings. The van der Waals surface area contributed by atoms with Crippen molar-refractivity contribution in [3.63, 3.8) is 0 Å². The van der Waals surface area contributed by atoms with E-state index in [2.05, 4.69) is 58.9 Å². The number of hydrogen-bond donors (Lipinski definition) is 2. The van der Waals surface area contributed by atoms with Crippen LogP contribution in [0.2, 0.25) is 0 Å². The fourth-order valence-corrected chi connectivity index (χ4v) is 5.16. The number of benzene rings is 3. The van der Waals surface area contributed by atoms with Crippen LogP contribution in [0.25, 0.3) is 22.2 Å². The Labute approximate surface area is 213 Å². The van der Waals surface area contributed by atoms with Gasteiger partial charge in [-0.15, -0.1) is 0 Å². The van der Waals surface area contributed by atoms with Crippen LogP contribution >= 0.6 is 0 Å². The molecule has 2 heterocycles. The lowest BCUT2D eigenvalue weighted by Gasteiger charge is -2.31. The third-order valence-electron chi connectivity index (χ3n) is 7.08. The van der Waals surface area contributed by atoms with Crippen LogP contribution in [0.4, 0.5) is 17.1 Å². The van der Waals surface area contributed by atoms with Crippen LogP contribution in [0, 0.1) is 5.92 Å². The molecule has 3 aromatic carbocycles. The van der Waals surface area contributed by atoms with Crippen LogP contribution in [0.3, 0.4) is 0 Å². The molecule has 0 spiro atoms. The molecule has 5 heteroatoms. The topological polar surface area (TPSA) is 57.3 Å². The number of aromatic nitrogens is 1. The Kier molecular flexibility index (Phi) is 7.28. The number of fused-ring (bicyclic) bond motifs is 1. The van der Waals surface area contributed by atoms with Gasteiger partial charge in [0.2, 0.25) is 5.91 Å². The van der Waals surface area contributed by atoms with Crippen molar-refractivity contribution in [2.75, 3.05) is 30.3 Å². The van der Waals surface area contributed by atoms with Crippen LogP contribution in [0.1, 0.15) is 32.3 Å². The number of carbonyl (C=O) groups excluding carboxylic acids is 1. The van der Waals surface area contributed by atoms with Gasteiger partial charge in [0.1, 0.15) is 0 Å². The van der Waals surface area contributed by atoms with Gasteiger partial charge in [-0.25, -0.2) is 4.98 Å². The molecule has 1 amide bonds. The zero-order valence-corrected chi connectivity index (χ0v) is 21.1. The Morgan fingerprint density at radius 2 is 1.72 bits per heavy atom. The number of piperidine rings is 1. The summed E-state index contributed by atoms with van der Waals surface area (Å²) in [5.41, 5.74) is 7.02. The Bertz CT molecular complexity index is 1360. The van der Waals surface area contributed by atoms with Crippen LogP contribution in [-0.2, 0) is 11.2 Å². The average Bonchev–Trinajstić information content (AvgIpc) is 2.89. The predicted molar refractivity (Wildman–Crippen MR) is 150 cm³/mol. The monoisotopic (exact) mass is 478 g/mol. The van der Waals surface area contributed by atoms with Gasteiger partial charge in [-0.05, 0) is 86.8 Å². The molecule has 0 saturated carbocycles. The summed E-state index contributed by atoms with van der Waals surface area (Å²) >= 11 is 0. The number of pyridine rings is 1. The maximum Gasteiger partial charge on any atom is 0.221 e. The fraction of sp³-hybridized carbons (Fsp3) is 0.290. The molecule has 0 bridgehead atoms. The van der Waals surface area contributed by atoms with E-state index >= 15 is 0 Å². The Morgan fingerprint density at radius 1 is 0.944 bits per heavy atom. The lowest BCUT2D eigenvalue weighted by Crippen LogP contribution is -2.34. The molecule has 1 aromatic heterocycles. The van der Waals surface area contributed by atoms with E-state index in [0.29, 0.717) is 0 Å². The van der Waals surface area contributed by atoms with E-state index in [9.17, 15) is 4.79 Å². The summed E-state index contributed by atoms with van der Waals surface area (Å²) in [5, 5.41) is 7.63. The van der Waals surface area contributed by atoms with E-state index in [1.165, 1.54) is 38.4 Å². The lowest BCUT2D eigenvalue weighted by molar-refractivity contribution is -0.114.